The van der Waals surface area contributed by atoms with Crippen molar-refractivity contribution in [2.45, 2.75) is 26.4 Å². The van der Waals surface area contributed by atoms with Gasteiger partial charge in [-0.3, -0.25) is 4.90 Å². The number of anilines is 1. The number of nitrogens with zero attached hydrogens (tertiary/aromatic N) is 6. The van der Waals surface area contributed by atoms with E-state index in [1.807, 2.05) is 16.8 Å². The van der Waals surface area contributed by atoms with Gasteiger partial charge in [0.2, 0.25) is 0 Å². The highest BCUT2D eigenvalue weighted by molar-refractivity contribution is 5.56. The largest absolute Gasteiger partial charge is 0.383 e. The molecule has 0 N–H and O–H groups in total. The van der Waals surface area contributed by atoms with Crippen LogP contribution in [0.15, 0.2) is 42.6 Å². The van der Waals surface area contributed by atoms with E-state index in [2.05, 4.69) is 58.6 Å². The highest BCUT2D eigenvalue weighted by Gasteiger charge is 2.27. The second-order valence-electron chi connectivity index (χ2n) is 9.09. The molecule has 1 saturated heterocycles. The molecule has 34 heavy (non-hydrogen) atoms. The lowest BCUT2D eigenvalue weighted by molar-refractivity contribution is 0.138. The average molecular weight is 469 g/mol. The first kappa shape index (κ1) is 24.4. The van der Waals surface area contributed by atoms with Crippen LogP contribution in [0.4, 0.5) is 10.2 Å². The zero-order valence-electron chi connectivity index (χ0n) is 20.9. The van der Waals surface area contributed by atoms with E-state index in [1.165, 1.54) is 23.4 Å². The summed E-state index contributed by atoms with van der Waals surface area (Å²) in [4.78, 5) is 7.24. The molecule has 4 rings (SSSR count). The highest BCUT2D eigenvalue weighted by Crippen LogP contribution is 2.31. The molecule has 2 aromatic heterocycles. The number of piperazine rings is 1. The molecular formula is C26H37FN6O. The van der Waals surface area contributed by atoms with Crippen LogP contribution in [0.5, 0.6) is 0 Å². The SMILES string of the molecule is CCc1nn(-c2ccc(F)cc2)c(N2CCN(C)CC2)c1CN(CCOC)Cc1cccn1C. The summed E-state index contributed by atoms with van der Waals surface area (Å²) < 4.78 is 23.3. The van der Waals surface area contributed by atoms with E-state index < -0.39 is 0 Å². The maximum absolute atomic E-state index is 13.7. The van der Waals surface area contributed by atoms with Crippen LogP contribution in [-0.4, -0.2) is 77.6 Å². The summed E-state index contributed by atoms with van der Waals surface area (Å²) in [5, 5.41) is 5.05. The topological polar surface area (TPSA) is 41.7 Å². The van der Waals surface area contributed by atoms with E-state index >= 15 is 0 Å². The number of aryl methyl sites for hydroxylation is 2. The summed E-state index contributed by atoms with van der Waals surface area (Å²) in [6.07, 6.45) is 2.93. The van der Waals surface area contributed by atoms with Crippen molar-refractivity contribution < 1.29 is 9.13 Å². The smallest absolute Gasteiger partial charge is 0.137 e. The monoisotopic (exact) mass is 468 g/mol. The van der Waals surface area contributed by atoms with E-state index in [9.17, 15) is 4.39 Å². The lowest BCUT2D eigenvalue weighted by Gasteiger charge is -2.35. The third-order valence-corrected chi connectivity index (χ3v) is 6.68. The summed E-state index contributed by atoms with van der Waals surface area (Å²) in [5.74, 6) is 0.896. The van der Waals surface area contributed by atoms with Crippen molar-refractivity contribution in [3.05, 3.63) is 65.4 Å². The van der Waals surface area contributed by atoms with Crippen molar-refractivity contribution in [3.8, 4) is 5.69 Å². The molecular weight excluding hydrogens is 431 g/mol. The molecule has 7 nitrogen and oxygen atoms in total. The Bertz CT molecular complexity index is 1050. The first-order chi connectivity index (χ1) is 16.5. The first-order valence-corrected chi connectivity index (χ1v) is 12.1. The number of rotatable bonds is 10. The van der Waals surface area contributed by atoms with E-state index in [1.54, 1.807) is 7.11 Å². The van der Waals surface area contributed by atoms with Crippen LogP contribution in [0.3, 0.4) is 0 Å². The van der Waals surface area contributed by atoms with E-state index in [0.29, 0.717) is 6.61 Å². The minimum absolute atomic E-state index is 0.235. The third-order valence-electron chi connectivity index (χ3n) is 6.68. The molecule has 0 bridgehead atoms. The Labute approximate surface area is 202 Å². The Balaban J connectivity index is 1.74. The van der Waals surface area contributed by atoms with Crippen LogP contribution in [0.2, 0.25) is 0 Å². The fourth-order valence-corrected chi connectivity index (χ4v) is 4.58. The van der Waals surface area contributed by atoms with Gasteiger partial charge in [-0.15, -0.1) is 0 Å². The number of methoxy groups -OCH3 is 1. The van der Waals surface area contributed by atoms with Crippen LogP contribution < -0.4 is 4.90 Å². The lowest BCUT2D eigenvalue weighted by Crippen LogP contribution is -2.45. The van der Waals surface area contributed by atoms with Crippen molar-refractivity contribution in [3.63, 3.8) is 0 Å². The Morgan fingerprint density at radius 1 is 1.03 bits per heavy atom. The Morgan fingerprint density at radius 3 is 2.38 bits per heavy atom. The maximum Gasteiger partial charge on any atom is 0.137 e. The molecule has 0 saturated carbocycles. The zero-order chi connectivity index (χ0) is 24.1. The Kier molecular flexibility index (Phi) is 8.03. The van der Waals surface area contributed by atoms with E-state index in [-0.39, 0.29) is 5.82 Å². The molecule has 0 spiro atoms. The molecule has 1 fully saturated rings. The fourth-order valence-electron chi connectivity index (χ4n) is 4.58. The summed E-state index contributed by atoms with van der Waals surface area (Å²) in [6.45, 7) is 9.16. The normalized spacial score (nSPS) is 14.9. The molecule has 184 valence electrons. The van der Waals surface area contributed by atoms with Gasteiger partial charge in [-0.1, -0.05) is 6.92 Å². The van der Waals surface area contributed by atoms with Crippen LogP contribution in [0.1, 0.15) is 23.9 Å². The summed E-state index contributed by atoms with van der Waals surface area (Å²) in [6, 6.07) is 10.9. The van der Waals surface area contributed by atoms with Gasteiger partial charge >= 0.3 is 0 Å². The van der Waals surface area contributed by atoms with Crippen molar-refractivity contribution in [2.75, 3.05) is 58.4 Å². The summed E-state index contributed by atoms with van der Waals surface area (Å²) in [5.41, 5.74) is 4.50. The predicted molar refractivity (Wildman–Crippen MR) is 134 cm³/mol. The maximum atomic E-state index is 13.7. The summed E-state index contributed by atoms with van der Waals surface area (Å²) in [7, 11) is 6.00. The van der Waals surface area contributed by atoms with Gasteiger partial charge in [-0.25, -0.2) is 9.07 Å². The van der Waals surface area contributed by atoms with E-state index in [4.69, 9.17) is 9.84 Å². The van der Waals surface area contributed by atoms with Gasteiger partial charge in [0.1, 0.15) is 11.6 Å². The number of likely N-dealkylation sites (N-methyl/N-ethyl adjacent to an activating group) is 1. The molecule has 3 heterocycles. The van der Waals surface area contributed by atoms with Crippen molar-refractivity contribution in [1.29, 1.82) is 0 Å². The summed E-state index contributed by atoms with van der Waals surface area (Å²) >= 11 is 0. The third kappa shape index (κ3) is 5.51. The Morgan fingerprint density at radius 2 is 1.76 bits per heavy atom. The molecule has 1 aliphatic heterocycles. The molecule has 3 aromatic rings. The second kappa shape index (κ2) is 11.2. The molecule has 0 radical (unpaired) electrons. The van der Waals surface area contributed by atoms with Gasteiger partial charge < -0.3 is 19.1 Å². The number of aromatic nitrogens is 3. The molecule has 0 amide bonds. The van der Waals surface area contributed by atoms with E-state index in [0.717, 1.165) is 69.4 Å². The molecule has 0 atom stereocenters. The van der Waals surface area contributed by atoms with Gasteiger partial charge in [0.05, 0.1) is 18.0 Å². The average Bonchev–Trinajstić information content (AvgIpc) is 3.41. The van der Waals surface area contributed by atoms with Crippen molar-refractivity contribution in [1.82, 2.24) is 24.1 Å². The van der Waals surface area contributed by atoms with Gasteiger partial charge in [-0.2, -0.15) is 5.10 Å². The molecule has 1 aliphatic rings. The van der Waals surface area contributed by atoms with Crippen molar-refractivity contribution >= 4 is 5.82 Å². The van der Waals surface area contributed by atoms with Crippen LogP contribution in [0, 0.1) is 5.82 Å². The van der Waals surface area contributed by atoms with Crippen LogP contribution in [0.25, 0.3) is 5.69 Å². The highest BCUT2D eigenvalue weighted by atomic mass is 19.1. The zero-order valence-corrected chi connectivity index (χ0v) is 20.9. The Hall–Kier alpha value is -2.68. The van der Waals surface area contributed by atoms with Gasteiger partial charge in [0.25, 0.3) is 0 Å². The second-order valence-corrected chi connectivity index (χ2v) is 9.09. The number of ether oxygens (including phenoxy) is 1. The van der Waals surface area contributed by atoms with Gasteiger partial charge in [-0.05, 0) is 49.9 Å². The van der Waals surface area contributed by atoms with Gasteiger partial charge in [0, 0.05) is 77.4 Å². The lowest BCUT2D eigenvalue weighted by atomic mass is 10.1. The number of hydrogen-bond acceptors (Lipinski definition) is 5. The standard InChI is InChI=1S/C26H37FN6O/c1-5-25-24(20-31(17-18-34-4)19-23-7-6-12-30(23)3)26(32-15-13-29(2)14-16-32)33(28-25)22-10-8-21(27)9-11-22/h6-12H,5,13-20H2,1-4H3. The molecule has 0 aliphatic carbocycles. The number of halogens is 1. The van der Waals surface area contributed by atoms with Gasteiger partial charge in [0.15, 0.2) is 0 Å². The quantitative estimate of drug-likeness (QED) is 0.457. The fraction of sp³-hybridized carbons (Fsp3) is 0.500. The van der Waals surface area contributed by atoms with Crippen molar-refractivity contribution in [2.24, 2.45) is 7.05 Å². The predicted octanol–water partition coefficient (Wildman–Crippen LogP) is 3.31. The number of benzene rings is 1. The minimum atomic E-state index is -0.235. The first-order valence-electron chi connectivity index (χ1n) is 12.1. The van der Waals surface area contributed by atoms with Crippen LogP contribution in [-0.2, 0) is 31.3 Å². The molecule has 1 aromatic carbocycles. The van der Waals surface area contributed by atoms with Crippen LogP contribution >= 0.6 is 0 Å². The minimum Gasteiger partial charge on any atom is -0.383 e. The molecule has 0 unspecified atom stereocenters. The molecule has 8 heteroatoms. The number of hydrogen-bond donors (Lipinski definition) is 0.